The minimum Gasteiger partial charge on any atom is -0.378 e. The van der Waals surface area contributed by atoms with E-state index in [9.17, 15) is 4.79 Å². The molecule has 100 valence electrons. The van der Waals surface area contributed by atoms with Gasteiger partial charge in [0.15, 0.2) is 5.78 Å². The largest absolute Gasteiger partial charge is 0.378 e. The van der Waals surface area contributed by atoms with Crippen molar-refractivity contribution < 1.29 is 9.53 Å². The van der Waals surface area contributed by atoms with Crippen LogP contribution in [0, 0.1) is 0 Å². The SMILES string of the molecule is CSCCN1CCOCC1CC(=O)c1cccs1. The van der Waals surface area contributed by atoms with E-state index in [-0.39, 0.29) is 11.8 Å². The fraction of sp³-hybridized carbons (Fsp3) is 0.615. The summed E-state index contributed by atoms with van der Waals surface area (Å²) < 4.78 is 5.51. The Labute approximate surface area is 117 Å². The van der Waals surface area contributed by atoms with Crippen molar-refractivity contribution in [2.24, 2.45) is 0 Å². The summed E-state index contributed by atoms with van der Waals surface area (Å²) in [4.78, 5) is 15.4. The third-order valence-electron chi connectivity index (χ3n) is 3.15. The summed E-state index contributed by atoms with van der Waals surface area (Å²) in [6.45, 7) is 3.47. The van der Waals surface area contributed by atoms with Gasteiger partial charge in [-0.05, 0) is 17.7 Å². The number of ketones is 1. The van der Waals surface area contributed by atoms with Crippen LogP contribution in [0.5, 0.6) is 0 Å². The Hall–Kier alpha value is -0.360. The molecule has 3 nitrogen and oxygen atoms in total. The lowest BCUT2D eigenvalue weighted by molar-refractivity contribution is -0.00539. The summed E-state index contributed by atoms with van der Waals surface area (Å²) >= 11 is 3.37. The summed E-state index contributed by atoms with van der Waals surface area (Å²) in [5, 5.41) is 1.95. The fourth-order valence-corrected chi connectivity index (χ4v) is 3.22. The molecule has 2 heterocycles. The molecule has 0 spiro atoms. The van der Waals surface area contributed by atoms with Crippen LogP contribution in [0.1, 0.15) is 16.1 Å². The molecule has 0 radical (unpaired) electrons. The molecule has 1 saturated heterocycles. The van der Waals surface area contributed by atoms with Gasteiger partial charge < -0.3 is 4.74 Å². The number of hydrogen-bond acceptors (Lipinski definition) is 5. The molecule has 0 aromatic carbocycles. The second kappa shape index (κ2) is 7.28. The highest BCUT2D eigenvalue weighted by atomic mass is 32.2. The standard InChI is InChI=1S/C13H19NO2S2/c1-17-8-5-14-4-6-16-10-11(14)9-12(15)13-3-2-7-18-13/h2-3,7,11H,4-6,8-10H2,1H3. The number of thioether (sulfide) groups is 1. The van der Waals surface area contributed by atoms with Gasteiger partial charge in [-0.1, -0.05) is 6.07 Å². The van der Waals surface area contributed by atoms with Crippen LogP contribution in [0.2, 0.25) is 0 Å². The van der Waals surface area contributed by atoms with Gasteiger partial charge in [-0.25, -0.2) is 0 Å². The molecule has 1 aromatic heterocycles. The van der Waals surface area contributed by atoms with Gasteiger partial charge in [-0.3, -0.25) is 9.69 Å². The molecule has 0 aliphatic carbocycles. The first-order chi connectivity index (χ1) is 8.81. The van der Waals surface area contributed by atoms with Crippen LogP contribution in [-0.4, -0.2) is 55.0 Å². The van der Waals surface area contributed by atoms with Crippen LogP contribution in [-0.2, 0) is 4.74 Å². The molecule has 1 unspecified atom stereocenters. The molecule has 0 N–H and O–H groups in total. The third-order valence-corrected chi connectivity index (χ3v) is 4.65. The number of thiophene rings is 1. The Kier molecular flexibility index (Phi) is 5.69. The highest BCUT2D eigenvalue weighted by Crippen LogP contribution is 2.17. The monoisotopic (exact) mass is 285 g/mol. The lowest BCUT2D eigenvalue weighted by Gasteiger charge is -2.35. The number of Topliss-reactive ketones (excluding diaryl/α,β-unsaturated/α-hetero) is 1. The van der Waals surface area contributed by atoms with Crippen molar-refractivity contribution in [2.75, 3.05) is 38.3 Å². The molecule has 0 amide bonds. The van der Waals surface area contributed by atoms with E-state index in [4.69, 9.17) is 4.74 Å². The van der Waals surface area contributed by atoms with Gasteiger partial charge in [-0.2, -0.15) is 11.8 Å². The van der Waals surface area contributed by atoms with Crippen molar-refractivity contribution in [1.29, 1.82) is 0 Å². The van der Waals surface area contributed by atoms with Crippen LogP contribution in [0.15, 0.2) is 17.5 Å². The van der Waals surface area contributed by atoms with Crippen molar-refractivity contribution in [3.63, 3.8) is 0 Å². The normalized spacial score (nSPS) is 21.1. The first kappa shape index (κ1) is 14.1. The van der Waals surface area contributed by atoms with Crippen molar-refractivity contribution in [3.8, 4) is 0 Å². The van der Waals surface area contributed by atoms with Gasteiger partial charge in [0.05, 0.1) is 18.1 Å². The highest BCUT2D eigenvalue weighted by molar-refractivity contribution is 7.98. The number of nitrogens with zero attached hydrogens (tertiary/aromatic N) is 1. The Morgan fingerprint density at radius 3 is 3.28 bits per heavy atom. The lowest BCUT2D eigenvalue weighted by Crippen LogP contribution is -2.47. The smallest absolute Gasteiger partial charge is 0.174 e. The molecular formula is C13H19NO2S2. The predicted molar refractivity (Wildman–Crippen MR) is 77.8 cm³/mol. The molecule has 5 heteroatoms. The van der Waals surface area contributed by atoms with Gasteiger partial charge in [0.2, 0.25) is 0 Å². The highest BCUT2D eigenvalue weighted by Gasteiger charge is 2.25. The van der Waals surface area contributed by atoms with Crippen LogP contribution >= 0.6 is 23.1 Å². The number of carbonyl (C=O) groups is 1. The van der Waals surface area contributed by atoms with Crippen molar-refractivity contribution in [1.82, 2.24) is 4.90 Å². The topological polar surface area (TPSA) is 29.5 Å². The summed E-state index contributed by atoms with van der Waals surface area (Å²) in [7, 11) is 0. The van der Waals surface area contributed by atoms with Crippen molar-refractivity contribution in [2.45, 2.75) is 12.5 Å². The number of hydrogen-bond donors (Lipinski definition) is 0. The summed E-state index contributed by atoms with van der Waals surface area (Å²) in [5.41, 5.74) is 0. The fourth-order valence-electron chi connectivity index (χ4n) is 2.13. The van der Waals surface area contributed by atoms with Gasteiger partial charge in [0, 0.05) is 31.3 Å². The Bertz CT molecular complexity index is 367. The van der Waals surface area contributed by atoms with Crippen molar-refractivity contribution >= 4 is 28.9 Å². The average Bonchev–Trinajstić information content (AvgIpc) is 2.91. The Morgan fingerprint density at radius 2 is 2.56 bits per heavy atom. The molecule has 1 aliphatic rings. The Balaban J connectivity index is 1.90. The van der Waals surface area contributed by atoms with Crippen LogP contribution in [0.25, 0.3) is 0 Å². The molecule has 0 bridgehead atoms. The maximum absolute atomic E-state index is 12.1. The average molecular weight is 285 g/mol. The van der Waals surface area contributed by atoms with Gasteiger partial charge >= 0.3 is 0 Å². The van der Waals surface area contributed by atoms with E-state index in [0.29, 0.717) is 13.0 Å². The van der Waals surface area contributed by atoms with Crippen LogP contribution in [0.3, 0.4) is 0 Å². The lowest BCUT2D eigenvalue weighted by atomic mass is 10.1. The van der Waals surface area contributed by atoms with E-state index in [1.807, 2.05) is 29.3 Å². The summed E-state index contributed by atoms with van der Waals surface area (Å²) in [5.74, 6) is 1.36. The number of rotatable bonds is 6. The molecule has 18 heavy (non-hydrogen) atoms. The second-order valence-electron chi connectivity index (χ2n) is 4.36. The molecule has 1 fully saturated rings. The Morgan fingerprint density at radius 1 is 1.67 bits per heavy atom. The van der Waals surface area contributed by atoms with Gasteiger partial charge in [0.1, 0.15) is 0 Å². The van der Waals surface area contributed by atoms with Crippen LogP contribution < -0.4 is 0 Å². The van der Waals surface area contributed by atoms with E-state index in [1.165, 1.54) is 11.3 Å². The zero-order chi connectivity index (χ0) is 12.8. The first-order valence-electron chi connectivity index (χ1n) is 6.18. The zero-order valence-electron chi connectivity index (χ0n) is 10.6. The molecular weight excluding hydrogens is 266 g/mol. The maximum atomic E-state index is 12.1. The van der Waals surface area contributed by atoms with E-state index < -0.39 is 0 Å². The van der Waals surface area contributed by atoms with Gasteiger partial charge in [0.25, 0.3) is 0 Å². The summed E-state index contributed by atoms with van der Waals surface area (Å²) in [6.07, 6.45) is 2.70. The number of morpholine rings is 1. The number of ether oxygens (including phenoxy) is 1. The van der Waals surface area contributed by atoms with Crippen molar-refractivity contribution in [3.05, 3.63) is 22.4 Å². The van der Waals surface area contributed by atoms with E-state index in [1.54, 1.807) is 0 Å². The third kappa shape index (κ3) is 3.82. The molecule has 1 atom stereocenters. The molecule has 1 aliphatic heterocycles. The first-order valence-corrected chi connectivity index (χ1v) is 8.46. The molecule has 1 aromatic rings. The van der Waals surface area contributed by atoms with E-state index in [2.05, 4.69) is 11.2 Å². The zero-order valence-corrected chi connectivity index (χ0v) is 12.3. The van der Waals surface area contributed by atoms with E-state index >= 15 is 0 Å². The maximum Gasteiger partial charge on any atom is 0.174 e. The van der Waals surface area contributed by atoms with Crippen LogP contribution in [0.4, 0.5) is 0 Å². The molecule has 2 rings (SSSR count). The van der Waals surface area contributed by atoms with E-state index in [0.717, 1.165) is 30.3 Å². The molecule has 0 saturated carbocycles. The summed E-state index contributed by atoms with van der Waals surface area (Å²) in [6, 6.07) is 4.09. The number of carbonyl (C=O) groups excluding carboxylic acids is 1. The predicted octanol–water partition coefficient (Wildman–Crippen LogP) is 2.38. The quantitative estimate of drug-likeness (QED) is 0.751. The minimum atomic E-state index is 0.245. The minimum absolute atomic E-state index is 0.245. The second-order valence-corrected chi connectivity index (χ2v) is 6.30. The van der Waals surface area contributed by atoms with Gasteiger partial charge in [-0.15, -0.1) is 11.3 Å².